The molecular formula is C30H33ClN6O4. The van der Waals surface area contributed by atoms with Gasteiger partial charge in [0.05, 0.1) is 18.6 Å². The average molecular weight is 577 g/mol. The second kappa shape index (κ2) is 11.7. The fraction of sp³-hybridized carbons (Fsp3) is 0.367. The second-order valence-corrected chi connectivity index (χ2v) is 10.6. The van der Waals surface area contributed by atoms with Gasteiger partial charge in [0.25, 0.3) is 5.56 Å². The molecule has 4 heterocycles. The number of likely N-dealkylation sites (tertiary alicyclic amines) is 1. The molecule has 1 aliphatic carbocycles. The molecule has 6 rings (SSSR count). The first-order chi connectivity index (χ1) is 19.7. The van der Waals surface area contributed by atoms with Crippen LogP contribution in [0, 0.1) is 0 Å². The van der Waals surface area contributed by atoms with E-state index in [0.29, 0.717) is 30.9 Å². The molecule has 1 saturated heterocycles. The van der Waals surface area contributed by atoms with Crippen LogP contribution in [0.5, 0.6) is 0 Å². The molecule has 1 amide bonds. The van der Waals surface area contributed by atoms with Crippen molar-refractivity contribution in [1.29, 1.82) is 0 Å². The van der Waals surface area contributed by atoms with Gasteiger partial charge in [-0.2, -0.15) is 0 Å². The highest BCUT2D eigenvalue weighted by Gasteiger charge is 2.27. The third-order valence-electron chi connectivity index (χ3n) is 7.69. The van der Waals surface area contributed by atoms with E-state index in [1.807, 2.05) is 25.3 Å². The summed E-state index contributed by atoms with van der Waals surface area (Å²) in [6, 6.07) is 10.3. The number of imidazole rings is 1. The Labute approximate surface area is 242 Å². The maximum absolute atomic E-state index is 12.0. The standard InChI is InChI=1S/C22H23ClN2O2.C8H10N4O2/c1-2-27-22(26)25-12-9-15(10-13-25)20-19-8-7-18(23)14-17(19)6-5-16-4-3-11-24-21(16)20;1-10-4-9-6-5(10)7(13)12(3)8(14)11(6)2/h3-4,7-8,11,14H,2,5-6,9-10,12-13H2,1H3;4H,1-3H3. The molecule has 11 heteroatoms. The molecule has 0 unspecified atom stereocenters. The Hall–Kier alpha value is -4.18. The van der Waals surface area contributed by atoms with Gasteiger partial charge >= 0.3 is 11.8 Å². The van der Waals surface area contributed by atoms with Crippen LogP contribution in [-0.2, 0) is 38.7 Å². The number of hydrogen-bond acceptors (Lipinski definition) is 6. The molecule has 0 atom stereocenters. The van der Waals surface area contributed by atoms with Gasteiger partial charge in [-0.25, -0.2) is 14.6 Å². The van der Waals surface area contributed by atoms with E-state index in [-0.39, 0.29) is 17.3 Å². The van der Waals surface area contributed by atoms with Gasteiger partial charge in [-0.1, -0.05) is 29.3 Å². The summed E-state index contributed by atoms with van der Waals surface area (Å²) in [5, 5.41) is 0.772. The number of aryl methyl sites for hydroxylation is 4. The number of fused-ring (bicyclic) bond motifs is 3. The number of ether oxygens (including phenoxy) is 1. The van der Waals surface area contributed by atoms with E-state index in [1.165, 1.54) is 45.8 Å². The number of carbonyl (C=O) groups is 1. The van der Waals surface area contributed by atoms with Crippen LogP contribution < -0.4 is 11.2 Å². The number of benzene rings is 1. The lowest BCUT2D eigenvalue weighted by Crippen LogP contribution is -2.37. The van der Waals surface area contributed by atoms with Gasteiger partial charge in [-0.3, -0.25) is 18.9 Å². The molecule has 2 aliphatic rings. The van der Waals surface area contributed by atoms with E-state index in [9.17, 15) is 14.4 Å². The molecule has 0 bridgehead atoms. The van der Waals surface area contributed by atoms with Crippen molar-refractivity contribution in [3.8, 4) is 0 Å². The highest BCUT2D eigenvalue weighted by Crippen LogP contribution is 2.38. The minimum atomic E-state index is -0.360. The van der Waals surface area contributed by atoms with E-state index in [1.54, 1.807) is 23.6 Å². The SMILES string of the molecule is CCOC(=O)N1CCC(=C2c3ccc(Cl)cc3CCc3cccnc32)CC1.Cn1c(=O)c2c(ncn2C)n(C)c1=O. The Kier molecular flexibility index (Phi) is 8.12. The number of carbonyl (C=O) groups excluding carboxylic acids is 1. The summed E-state index contributed by atoms with van der Waals surface area (Å²) < 4.78 is 9.19. The zero-order chi connectivity index (χ0) is 29.3. The van der Waals surface area contributed by atoms with Crippen molar-refractivity contribution in [3.63, 3.8) is 0 Å². The lowest BCUT2D eigenvalue weighted by atomic mass is 9.88. The largest absolute Gasteiger partial charge is 0.450 e. The molecule has 0 saturated carbocycles. The van der Waals surface area contributed by atoms with Gasteiger partial charge in [-0.05, 0) is 67.5 Å². The van der Waals surface area contributed by atoms with Crippen molar-refractivity contribution in [3.05, 3.63) is 96.7 Å². The van der Waals surface area contributed by atoms with Crippen LogP contribution in [0.15, 0.2) is 58.0 Å². The van der Waals surface area contributed by atoms with Crippen molar-refractivity contribution in [2.75, 3.05) is 19.7 Å². The lowest BCUT2D eigenvalue weighted by Gasteiger charge is -2.29. The molecule has 1 aliphatic heterocycles. The first kappa shape index (κ1) is 28.4. The number of nitrogens with zero attached hydrogens (tertiary/aromatic N) is 6. The number of amides is 1. The number of halogens is 1. The van der Waals surface area contributed by atoms with E-state index in [4.69, 9.17) is 21.3 Å². The van der Waals surface area contributed by atoms with Gasteiger partial charge in [0.15, 0.2) is 11.2 Å². The number of rotatable bonds is 1. The highest BCUT2D eigenvalue weighted by atomic mass is 35.5. The summed E-state index contributed by atoms with van der Waals surface area (Å²) in [6.45, 7) is 3.62. The van der Waals surface area contributed by atoms with E-state index in [0.717, 1.165) is 41.0 Å². The zero-order valence-corrected chi connectivity index (χ0v) is 24.4. The van der Waals surface area contributed by atoms with Crippen LogP contribution in [0.4, 0.5) is 4.79 Å². The summed E-state index contributed by atoms with van der Waals surface area (Å²) in [6.07, 6.45) is 6.77. The van der Waals surface area contributed by atoms with Crippen LogP contribution in [0.1, 0.15) is 42.1 Å². The Morgan fingerprint density at radius 1 is 0.976 bits per heavy atom. The fourth-order valence-corrected chi connectivity index (χ4v) is 5.72. The zero-order valence-electron chi connectivity index (χ0n) is 23.7. The predicted molar refractivity (Wildman–Crippen MR) is 158 cm³/mol. The van der Waals surface area contributed by atoms with E-state index < -0.39 is 0 Å². The molecular weight excluding hydrogens is 544 g/mol. The average Bonchev–Trinajstić information content (AvgIpc) is 3.29. The van der Waals surface area contributed by atoms with Crippen molar-refractivity contribution < 1.29 is 9.53 Å². The van der Waals surface area contributed by atoms with Gasteiger partial charge in [0.1, 0.15) is 0 Å². The molecule has 0 spiro atoms. The van der Waals surface area contributed by atoms with Crippen LogP contribution in [0.25, 0.3) is 16.7 Å². The normalized spacial score (nSPS) is 14.6. The van der Waals surface area contributed by atoms with Crippen molar-refractivity contribution in [2.24, 2.45) is 21.1 Å². The van der Waals surface area contributed by atoms with Crippen molar-refractivity contribution >= 4 is 34.4 Å². The van der Waals surface area contributed by atoms with Crippen LogP contribution in [0.2, 0.25) is 5.02 Å². The number of hydrogen-bond donors (Lipinski definition) is 0. The maximum atomic E-state index is 12.0. The van der Waals surface area contributed by atoms with E-state index >= 15 is 0 Å². The van der Waals surface area contributed by atoms with Gasteiger partial charge in [0.2, 0.25) is 0 Å². The van der Waals surface area contributed by atoms with Gasteiger partial charge in [-0.15, -0.1) is 0 Å². The first-order valence-electron chi connectivity index (χ1n) is 13.6. The van der Waals surface area contributed by atoms with Crippen molar-refractivity contribution in [1.82, 2.24) is 28.6 Å². The predicted octanol–water partition coefficient (Wildman–Crippen LogP) is 3.86. The summed E-state index contributed by atoms with van der Waals surface area (Å²) in [5.41, 5.74) is 7.64. The van der Waals surface area contributed by atoms with Gasteiger partial charge in [0, 0.05) is 51.0 Å². The van der Waals surface area contributed by atoms with E-state index in [2.05, 4.69) is 23.2 Å². The lowest BCUT2D eigenvalue weighted by molar-refractivity contribution is 0.104. The Morgan fingerprint density at radius 2 is 1.71 bits per heavy atom. The van der Waals surface area contributed by atoms with Crippen molar-refractivity contribution in [2.45, 2.75) is 32.6 Å². The summed E-state index contributed by atoms with van der Waals surface area (Å²) in [5.74, 6) is 0. The Bertz CT molecular complexity index is 1770. The summed E-state index contributed by atoms with van der Waals surface area (Å²) in [7, 11) is 4.77. The minimum absolute atomic E-state index is 0.215. The number of pyridine rings is 1. The molecule has 1 aromatic carbocycles. The molecule has 1 fully saturated rings. The maximum Gasteiger partial charge on any atom is 0.409 e. The van der Waals surface area contributed by atoms with Crippen LogP contribution in [0.3, 0.4) is 0 Å². The quantitative estimate of drug-likeness (QED) is 0.341. The van der Waals surface area contributed by atoms with Crippen LogP contribution in [-0.4, -0.2) is 54.4 Å². The Balaban J connectivity index is 0.000000202. The molecule has 41 heavy (non-hydrogen) atoms. The monoisotopic (exact) mass is 576 g/mol. The Morgan fingerprint density at radius 3 is 2.44 bits per heavy atom. The molecule has 214 valence electrons. The highest BCUT2D eigenvalue weighted by molar-refractivity contribution is 6.30. The minimum Gasteiger partial charge on any atom is -0.450 e. The molecule has 4 aromatic rings. The first-order valence-corrected chi connectivity index (χ1v) is 14.0. The van der Waals surface area contributed by atoms with Crippen LogP contribution >= 0.6 is 11.6 Å². The second-order valence-electron chi connectivity index (χ2n) is 10.2. The smallest absolute Gasteiger partial charge is 0.409 e. The van der Waals surface area contributed by atoms with Gasteiger partial charge < -0.3 is 14.2 Å². The fourth-order valence-electron chi connectivity index (χ4n) is 5.53. The number of piperidine rings is 1. The topological polar surface area (TPSA) is 104 Å². The molecule has 3 aromatic heterocycles. The summed E-state index contributed by atoms with van der Waals surface area (Å²) in [4.78, 5) is 45.7. The summed E-state index contributed by atoms with van der Waals surface area (Å²) >= 11 is 6.27. The molecule has 0 N–H and O–H groups in total. The molecule has 0 radical (unpaired) electrons. The third kappa shape index (κ3) is 5.44. The third-order valence-corrected chi connectivity index (χ3v) is 7.93. The molecule has 10 nitrogen and oxygen atoms in total. The number of aromatic nitrogens is 5.